The van der Waals surface area contributed by atoms with E-state index in [-0.39, 0.29) is 11.9 Å². The maximum absolute atomic E-state index is 13.0. The summed E-state index contributed by atoms with van der Waals surface area (Å²) in [6.07, 6.45) is 1.63. The molecule has 1 aliphatic rings. The van der Waals surface area contributed by atoms with Crippen LogP contribution in [-0.2, 0) is 10.0 Å². The number of rotatable bonds is 3. The summed E-state index contributed by atoms with van der Waals surface area (Å²) >= 11 is 1.50. The summed E-state index contributed by atoms with van der Waals surface area (Å²) in [6, 6.07) is 9.39. The van der Waals surface area contributed by atoms with Gasteiger partial charge in [0, 0.05) is 11.3 Å². The molecule has 0 fully saturated rings. The fraction of sp³-hybridized carbons (Fsp3) is 0.214. The largest absolute Gasteiger partial charge is 0.247 e. The molecule has 0 amide bonds. The van der Waals surface area contributed by atoms with Crippen molar-refractivity contribution in [2.24, 2.45) is 5.10 Å². The Morgan fingerprint density at radius 1 is 1.29 bits per heavy atom. The lowest BCUT2D eigenvalue weighted by Crippen LogP contribution is -2.25. The number of thiophene rings is 1. The number of sulfonamides is 1. The first-order valence-corrected chi connectivity index (χ1v) is 9.04. The van der Waals surface area contributed by atoms with E-state index >= 15 is 0 Å². The molecule has 0 saturated carbocycles. The van der Waals surface area contributed by atoms with Gasteiger partial charge in [-0.2, -0.15) is 9.52 Å². The summed E-state index contributed by atoms with van der Waals surface area (Å²) in [4.78, 5) is 0.946. The average molecular weight is 324 g/mol. The standard InChI is InChI=1S/C14H13FN2O2S2/c1-21(18,19)17-13(14-3-2-8-20-14)9-12(16-17)10-4-6-11(15)7-5-10/h2-8,13H,9H2,1H3/t13-/m0/s1. The molecule has 0 spiro atoms. The molecule has 1 aliphatic heterocycles. The maximum Gasteiger partial charge on any atom is 0.247 e. The molecule has 0 aliphatic carbocycles. The van der Waals surface area contributed by atoms with Crippen LogP contribution in [0.25, 0.3) is 0 Å². The molecule has 0 bridgehead atoms. The molecule has 7 heteroatoms. The SMILES string of the molecule is CS(=O)(=O)N1N=C(c2ccc(F)cc2)C[C@H]1c1cccs1. The van der Waals surface area contributed by atoms with Gasteiger partial charge in [-0.15, -0.1) is 11.3 Å². The van der Waals surface area contributed by atoms with Crippen molar-refractivity contribution >= 4 is 27.1 Å². The predicted molar refractivity (Wildman–Crippen MR) is 81.3 cm³/mol. The second-order valence-electron chi connectivity index (χ2n) is 4.82. The Kier molecular flexibility index (Phi) is 3.54. The van der Waals surface area contributed by atoms with E-state index < -0.39 is 10.0 Å². The zero-order valence-corrected chi connectivity index (χ0v) is 12.9. The predicted octanol–water partition coefficient (Wildman–Crippen LogP) is 3.00. The molecule has 0 N–H and O–H groups in total. The monoisotopic (exact) mass is 324 g/mol. The van der Waals surface area contributed by atoms with Gasteiger partial charge >= 0.3 is 0 Å². The van der Waals surface area contributed by atoms with Crippen LogP contribution in [0.2, 0.25) is 0 Å². The molecule has 1 atom stereocenters. The van der Waals surface area contributed by atoms with Crippen molar-refractivity contribution in [3.63, 3.8) is 0 Å². The van der Waals surface area contributed by atoms with Crippen molar-refractivity contribution < 1.29 is 12.8 Å². The molecular formula is C14H13FN2O2S2. The van der Waals surface area contributed by atoms with Crippen LogP contribution in [0.4, 0.5) is 4.39 Å². The van der Waals surface area contributed by atoms with Gasteiger partial charge in [0.25, 0.3) is 0 Å². The smallest absolute Gasteiger partial charge is 0.207 e. The molecule has 0 unspecified atom stereocenters. The van der Waals surface area contributed by atoms with E-state index in [1.54, 1.807) is 12.1 Å². The second-order valence-corrected chi connectivity index (χ2v) is 7.64. The minimum atomic E-state index is -3.45. The van der Waals surface area contributed by atoms with E-state index in [0.29, 0.717) is 12.1 Å². The molecule has 1 aromatic carbocycles. The molecule has 2 aromatic rings. The average Bonchev–Trinajstić information content (AvgIpc) is 3.07. The lowest BCUT2D eigenvalue weighted by Gasteiger charge is -2.19. The zero-order valence-electron chi connectivity index (χ0n) is 11.2. The molecule has 0 radical (unpaired) electrons. The van der Waals surface area contributed by atoms with Crippen LogP contribution in [0.3, 0.4) is 0 Å². The van der Waals surface area contributed by atoms with E-state index in [4.69, 9.17) is 0 Å². The molecule has 21 heavy (non-hydrogen) atoms. The van der Waals surface area contributed by atoms with Crippen LogP contribution in [0.5, 0.6) is 0 Å². The molecule has 110 valence electrons. The zero-order chi connectivity index (χ0) is 15.0. The van der Waals surface area contributed by atoms with Crippen LogP contribution in [-0.4, -0.2) is 24.8 Å². The second kappa shape index (κ2) is 5.23. The Hall–Kier alpha value is -1.73. The Morgan fingerprint density at radius 3 is 2.57 bits per heavy atom. The topological polar surface area (TPSA) is 49.7 Å². The third kappa shape index (κ3) is 2.84. The summed E-state index contributed by atoms with van der Waals surface area (Å²) in [5.41, 5.74) is 1.39. The van der Waals surface area contributed by atoms with Gasteiger partial charge in [-0.1, -0.05) is 18.2 Å². The van der Waals surface area contributed by atoms with Crippen LogP contribution >= 0.6 is 11.3 Å². The van der Waals surface area contributed by atoms with Gasteiger partial charge in [-0.25, -0.2) is 12.8 Å². The normalized spacial score (nSPS) is 18.9. The number of benzene rings is 1. The first-order valence-electron chi connectivity index (χ1n) is 6.31. The Labute approximate surface area is 126 Å². The molecule has 4 nitrogen and oxygen atoms in total. The molecular weight excluding hydrogens is 311 g/mol. The van der Waals surface area contributed by atoms with Crippen molar-refractivity contribution in [2.75, 3.05) is 6.26 Å². The minimum Gasteiger partial charge on any atom is -0.207 e. The van der Waals surface area contributed by atoms with Crippen molar-refractivity contribution in [3.05, 3.63) is 58.0 Å². The van der Waals surface area contributed by atoms with Gasteiger partial charge in [0.05, 0.1) is 12.0 Å². The summed E-state index contributed by atoms with van der Waals surface area (Å²) in [6.45, 7) is 0. The number of hydrazone groups is 1. The summed E-state index contributed by atoms with van der Waals surface area (Å²) in [7, 11) is -3.45. The van der Waals surface area contributed by atoms with E-state index in [2.05, 4.69) is 5.10 Å². The van der Waals surface area contributed by atoms with Crippen molar-refractivity contribution in [2.45, 2.75) is 12.5 Å². The van der Waals surface area contributed by atoms with E-state index in [1.165, 1.54) is 23.5 Å². The van der Waals surface area contributed by atoms with Gasteiger partial charge in [0.2, 0.25) is 10.0 Å². The van der Waals surface area contributed by atoms with Crippen LogP contribution in [0, 0.1) is 5.82 Å². The Bertz CT molecular complexity index is 768. The highest BCUT2D eigenvalue weighted by Crippen LogP contribution is 2.36. The molecule has 2 heterocycles. The maximum atomic E-state index is 13.0. The fourth-order valence-corrected chi connectivity index (χ4v) is 4.08. The number of halogens is 1. The van der Waals surface area contributed by atoms with Gasteiger partial charge < -0.3 is 0 Å². The van der Waals surface area contributed by atoms with Crippen LogP contribution in [0.1, 0.15) is 22.9 Å². The van der Waals surface area contributed by atoms with Crippen molar-refractivity contribution in [3.8, 4) is 0 Å². The molecule has 0 saturated heterocycles. The molecule has 1 aromatic heterocycles. The Morgan fingerprint density at radius 2 is 2.00 bits per heavy atom. The van der Waals surface area contributed by atoms with Gasteiger partial charge in [-0.05, 0) is 29.1 Å². The van der Waals surface area contributed by atoms with Crippen LogP contribution in [0.15, 0.2) is 46.9 Å². The van der Waals surface area contributed by atoms with Crippen molar-refractivity contribution in [1.29, 1.82) is 0 Å². The highest BCUT2D eigenvalue weighted by atomic mass is 32.2. The third-order valence-corrected chi connectivity index (χ3v) is 5.25. The number of hydrogen-bond donors (Lipinski definition) is 0. The summed E-state index contributed by atoms with van der Waals surface area (Å²) in [5, 5.41) is 6.15. The molecule has 3 rings (SSSR count). The number of hydrogen-bond acceptors (Lipinski definition) is 4. The number of nitrogens with zero attached hydrogens (tertiary/aromatic N) is 2. The van der Waals surface area contributed by atoms with Gasteiger partial charge in [-0.3, -0.25) is 0 Å². The van der Waals surface area contributed by atoms with E-state index in [0.717, 1.165) is 21.1 Å². The minimum absolute atomic E-state index is 0.319. The first kappa shape index (κ1) is 14.2. The van der Waals surface area contributed by atoms with Crippen LogP contribution < -0.4 is 0 Å². The summed E-state index contributed by atoms with van der Waals surface area (Å²) in [5.74, 6) is -0.327. The van der Waals surface area contributed by atoms with E-state index in [9.17, 15) is 12.8 Å². The Balaban J connectivity index is 1.99. The van der Waals surface area contributed by atoms with Gasteiger partial charge in [0.1, 0.15) is 11.9 Å². The lowest BCUT2D eigenvalue weighted by molar-refractivity contribution is 0.379. The highest BCUT2D eigenvalue weighted by Gasteiger charge is 2.34. The fourth-order valence-electron chi connectivity index (χ4n) is 2.30. The first-order chi connectivity index (χ1) is 9.95. The highest BCUT2D eigenvalue weighted by molar-refractivity contribution is 7.88. The third-order valence-electron chi connectivity index (χ3n) is 3.26. The van der Waals surface area contributed by atoms with E-state index in [1.807, 2.05) is 17.5 Å². The van der Waals surface area contributed by atoms with Crippen molar-refractivity contribution in [1.82, 2.24) is 4.41 Å². The van der Waals surface area contributed by atoms with Gasteiger partial charge in [0.15, 0.2) is 0 Å². The summed E-state index contributed by atoms with van der Waals surface area (Å²) < 4.78 is 38.0. The quantitative estimate of drug-likeness (QED) is 0.871. The lowest BCUT2D eigenvalue weighted by atomic mass is 10.0.